The van der Waals surface area contributed by atoms with Gasteiger partial charge in [0.05, 0.1) is 18.8 Å². The lowest BCUT2D eigenvalue weighted by Crippen LogP contribution is -2.50. The molecular formula is C20H37IN4O4. The normalized spacial score (nSPS) is 15.1. The molecule has 2 unspecified atom stereocenters. The summed E-state index contributed by atoms with van der Waals surface area (Å²) < 4.78 is 10.6. The lowest BCUT2D eigenvalue weighted by atomic mass is 10.0. The fourth-order valence-electron chi connectivity index (χ4n) is 2.36. The molecule has 1 heterocycles. The maximum atomic E-state index is 12.1. The van der Waals surface area contributed by atoms with Crippen molar-refractivity contribution in [1.82, 2.24) is 16.0 Å². The summed E-state index contributed by atoms with van der Waals surface area (Å²) in [6.45, 7) is 14.4. The number of carbonyl (C=O) groups is 1. The molecule has 0 fully saturated rings. The molecule has 9 heteroatoms. The van der Waals surface area contributed by atoms with Crippen LogP contribution in [0.2, 0.25) is 0 Å². The largest absolute Gasteiger partial charge is 0.466 e. The fraction of sp³-hybridized carbons (Fsp3) is 0.700. The Hall–Kier alpha value is -1.49. The Balaban J connectivity index is 0.00000784. The van der Waals surface area contributed by atoms with E-state index in [1.54, 1.807) is 19.1 Å². The number of carbonyl (C=O) groups excluding carboxylic acids is 1. The molecular weight excluding hydrogens is 487 g/mol. The lowest BCUT2D eigenvalue weighted by molar-refractivity contribution is 0.0437. The monoisotopic (exact) mass is 524 g/mol. The van der Waals surface area contributed by atoms with Crippen molar-refractivity contribution >= 4 is 36.0 Å². The number of amides is 1. The third-order valence-corrected chi connectivity index (χ3v) is 3.94. The SMILES string of the molecule is CCNC(=NCC(C)(O)c1ccco1)NCC(NC(=O)OC(C)(C)C)C(C)C.I. The molecule has 29 heavy (non-hydrogen) atoms. The molecule has 0 aliphatic rings. The van der Waals surface area contributed by atoms with Crippen LogP contribution in [0, 0.1) is 5.92 Å². The molecule has 0 spiro atoms. The van der Waals surface area contributed by atoms with Crippen molar-refractivity contribution < 1.29 is 19.1 Å². The average Bonchev–Trinajstić information content (AvgIpc) is 3.09. The summed E-state index contributed by atoms with van der Waals surface area (Å²) in [5, 5.41) is 19.8. The number of rotatable bonds is 8. The first-order valence-corrected chi connectivity index (χ1v) is 9.72. The molecule has 168 valence electrons. The van der Waals surface area contributed by atoms with E-state index in [9.17, 15) is 9.90 Å². The minimum absolute atomic E-state index is 0. The van der Waals surface area contributed by atoms with Gasteiger partial charge in [-0.05, 0) is 52.7 Å². The molecule has 0 aromatic carbocycles. The number of nitrogens with one attached hydrogen (secondary N) is 3. The molecule has 1 rings (SSSR count). The second-order valence-electron chi connectivity index (χ2n) is 8.32. The third kappa shape index (κ3) is 10.7. The minimum Gasteiger partial charge on any atom is -0.466 e. The van der Waals surface area contributed by atoms with Gasteiger partial charge in [-0.15, -0.1) is 24.0 Å². The van der Waals surface area contributed by atoms with Crippen LogP contribution in [0.15, 0.2) is 27.8 Å². The van der Waals surface area contributed by atoms with Gasteiger partial charge in [0.1, 0.15) is 17.0 Å². The Morgan fingerprint density at radius 1 is 1.28 bits per heavy atom. The molecule has 4 N–H and O–H groups in total. The zero-order valence-electron chi connectivity index (χ0n) is 18.5. The van der Waals surface area contributed by atoms with Gasteiger partial charge in [-0.2, -0.15) is 0 Å². The van der Waals surface area contributed by atoms with Crippen LogP contribution >= 0.6 is 24.0 Å². The second-order valence-corrected chi connectivity index (χ2v) is 8.32. The maximum absolute atomic E-state index is 12.1. The number of aliphatic imine (C=N–C) groups is 1. The minimum atomic E-state index is -1.21. The van der Waals surface area contributed by atoms with Crippen molar-refractivity contribution in [3.05, 3.63) is 24.2 Å². The van der Waals surface area contributed by atoms with Crippen LogP contribution in [0.4, 0.5) is 4.79 Å². The van der Waals surface area contributed by atoms with Gasteiger partial charge >= 0.3 is 6.09 Å². The molecule has 0 bridgehead atoms. The Morgan fingerprint density at radius 2 is 1.93 bits per heavy atom. The van der Waals surface area contributed by atoms with Crippen molar-refractivity contribution in [1.29, 1.82) is 0 Å². The highest BCUT2D eigenvalue weighted by Crippen LogP contribution is 2.21. The van der Waals surface area contributed by atoms with Crippen molar-refractivity contribution in [3.63, 3.8) is 0 Å². The number of hydrogen-bond donors (Lipinski definition) is 4. The Morgan fingerprint density at radius 3 is 2.41 bits per heavy atom. The average molecular weight is 524 g/mol. The Bertz CT molecular complexity index is 625. The van der Waals surface area contributed by atoms with Gasteiger partial charge in [-0.25, -0.2) is 9.79 Å². The maximum Gasteiger partial charge on any atom is 0.407 e. The summed E-state index contributed by atoms with van der Waals surface area (Å²) in [6.07, 6.45) is 1.07. The predicted molar refractivity (Wildman–Crippen MR) is 126 cm³/mol. The molecule has 0 saturated heterocycles. The van der Waals surface area contributed by atoms with Crippen molar-refractivity contribution in [2.75, 3.05) is 19.6 Å². The summed E-state index contributed by atoms with van der Waals surface area (Å²) in [5.41, 5.74) is -1.76. The number of furan rings is 1. The number of ether oxygens (including phenoxy) is 1. The van der Waals surface area contributed by atoms with Gasteiger partial charge in [0.25, 0.3) is 0 Å². The van der Waals surface area contributed by atoms with Crippen LogP contribution in [0.5, 0.6) is 0 Å². The van der Waals surface area contributed by atoms with E-state index in [0.29, 0.717) is 24.8 Å². The highest BCUT2D eigenvalue weighted by atomic mass is 127. The molecule has 1 amide bonds. The van der Waals surface area contributed by atoms with E-state index < -0.39 is 17.3 Å². The quantitative estimate of drug-likeness (QED) is 0.236. The summed E-state index contributed by atoms with van der Waals surface area (Å²) in [7, 11) is 0. The van der Waals surface area contributed by atoms with Crippen molar-refractivity contribution in [2.45, 2.75) is 65.7 Å². The standard InChI is InChI=1S/C20H36N4O4.HI/c1-8-21-17(23-13-20(7,26)16-10-9-11-27-16)22-12-15(14(2)3)24-18(25)28-19(4,5)6;/h9-11,14-15,26H,8,12-13H2,1-7H3,(H,24,25)(H2,21,22,23);1H. The molecule has 0 aliphatic carbocycles. The first-order chi connectivity index (χ1) is 12.9. The predicted octanol–water partition coefficient (Wildman–Crippen LogP) is 3.21. The highest BCUT2D eigenvalue weighted by Gasteiger charge is 2.26. The van der Waals surface area contributed by atoms with Gasteiger partial charge in [0.15, 0.2) is 5.96 Å². The summed E-state index contributed by atoms with van der Waals surface area (Å²) in [6, 6.07) is 3.30. The summed E-state index contributed by atoms with van der Waals surface area (Å²) in [5.74, 6) is 1.19. The van der Waals surface area contributed by atoms with E-state index in [4.69, 9.17) is 9.15 Å². The van der Waals surface area contributed by atoms with E-state index in [0.717, 1.165) is 0 Å². The number of hydrogen-bond acceptors (Lipinski definition) is 5. The van der Waals surface area contributed by atoms with Crippen molar-refractivity contribution in [3.8, 4) is 0 Å². The molecule has 0 radical (unpaired) electrons. The summed E-state index contributed by atoms with van der Waals surface area (Å²) >= 11 is 0. The van der Waals surface area contributed by atoms with Crippen LogP contribution < -0.4 is 16.0 Å². The third-order valence-electron chi connectivity index (χ3n) is 3.94. The number of aliphatic hydroxyl groups is 1. The van der Waals surface area contributed by atoms with Crippen LogP contribution in [0.1, 0.15) is 54.2 Å². The molecule has 0 saturated carbocycles. The van der Waals surface area contributed by atoms with Gasteiger partial charge in [-0.3, -0.25) is 0 Å². The number of alkyl carbamates (subject to hydrolysis) is 1. The molecule has 2 atom stereocenters. The van der Waals surface area contributed by atoms with Gasteiger partial charge in [0, 0.05) is 13.1 Å². The first kappa shape index (κ1) is 27.5. The van der Waals surface area contributed by atoms with Crippen molar-refractivity contribution in [2.24, 2.45) is 10.9 Å². The molecule has 0 aliphatic heterocycles. The first-order valence-electron chi connectivity index (χ1n) is 9.72. The van der Waals surface area contributed by atoms with E-state index in [1.165, 1.54) is 6.26 Å². The number of nitrogens with zero attached hydrogens (tertiary/aromatic N) is 1. The van der Waals surface area contributed by atoms with Gasteiger partial charge in [0.2, 0.25) is 0 Å². The zero-order valence-corrected chi connectivity index (χ0v) is 20.9. The van der Waals surface area contributed by atoms with Crippen LogP contribution in [0.25, 0.3) is 0 Å². The fourth-order valence-corrected chi connectivity index (χ4v) is 2.36. The van der Waals surface area contributed by atoms with Crippen LogP contribution in [-0.2, 0) is 10.3 Å². The molecule has 8 nitrogen and oxygen atoms in total. The van der Waals surface area contributed by atoms with Gasteiger partial charge < -0.3 is 30.2 Å². The molecule has 1 aromatic rings. The second kappa shape index (κ2) is 12.3. The van der Waals surface area contributed by atoms with E-state index >= 15 is 0 Å². The van der Waals surface area contributed by atoms with Crippen LogP contribution in [0.3, 0.4) is 0 Å². The van der Waals surface area contributed by atoms with E-state index in [2.05, 4.69) is 20.9 Å². The lowest BCUT2D eigenvalue weighted by Gasteiger charge is -2.27. The smallest absolute Gasteiger partial charge is 0.407 e. The summed E-state index contributed by atoms with van der Waals surface area (Å²) in [4.78, 5) is 16.5. The molecule has 1 aromatic heterocycles. The highest BCUT2D eigenvalue weighted by molar-refractivity contribution is 14.0. The number of halogens is 1. The topological polar surface area (TPSA) is 108 Å². The zero-order chi connectivity index (χ0) is 21.4. The number of guanidine groups is 1. The Labute approximate surface area is 191 Å². The van der Waals surface area contributed by atoms with E-state index in [1.807, 2.05) is 41.5 Å². The Kier molecular flexibility index (Phi) is 11.6. The van der Waals surface area contributed by atoms with E-state index in [-0.39, 0.29) is 42.5 Å². The van der Waals surface area contributed by atoms with Crippen LogP contribution in [-0.4, -0.2) is 48.4 Å². The van der Waals surface area contributed by atoms with Gasteiger partial charge in [-0.1, -0.05) is 13.8 Å².